The fourth-order valence-electron chi connectivity index (χ4n) is 0.289. The van der Waals surface area contributed by atoms with Crippen molar-refractivity contribution in [3.8, 4) is 0 Å². The Labute approximate surface area is 74.0 Å². The molecule has 0 aliphatic heterocycles. The smallest absolute Gasteiger partial charge is 0.316 e. The summed E-state index contributed by atoms with van der Waals surface area (Å²) in [7, 11) is 0. The molecule has 0 saturated carbocycles. The summed E-state index contributed by atoms with van der Waals surface area (Å²) in [5.74, 6) is 0.898. The summed E-state index contributed by atoms with van der Waals surface area (Å²) in [5.41, 5.74) is 0. The predicted octanol–water partition coefficient (Wildman–Crippen LogP) is 1.08. The van der Waals surface area contributed by atoms with Crippen molar-refractivity contribution in [2.45, 2.75) is 25.0 Å². The Balaban J connectivity index is 0. The summed E-state index contributed by atoms with van der Waals surface area (Å²) < 4.78 is 1.33. The van der Waals surface area contributed by atoms with E-state index in [9.17, 15) is 0 Å². The van der Waals surface area contributed by atoms with Crippen LogP contribution in [0.3, 0.4) is 0 Å². The summed E-state index contributed by atoms with van der Waals surface area (Å²) >= 11 is 2.22. The Bertz CT molecular complexity index is 29.3. The van der Waals surface area contributed by atoms with Gasteiger partial charge in [-0.05, 0) is 0 Å². The molecule has 0 radical (unpaired) electrons. The minimum atomic E-state index is 0. The van der Waals surface area contributed by atoms with Crippen molar-refractivity contribution in [2.24, 2.45) is 5.92 Å². The molecule has 7 heavy (non-hydrogen) atoms. The summed E-state index contributed by atoms with van der Waals surface area (Å²) in [6.45, 7) is 4.51. The normalized spacial score (nSPS) is 8.29. The van der Waals surface area contributed by atoms with Gasteiger partial charge in [-0.2, -0.15) is 0 Å². The molecule has 0 spiro atoms. The average molecular weight is 145 g/mol. The van der Waals surface area contributed by atoms with Crippen molar-refractivity contribution < 1.29 is 20.4 Å². The summed E-state index contributed by atoms with van der Waals surface area (Å²) in [5, 5.41) is 0. The van der Waals surface area contributed by atoms with Gasteiger partial charge in [0.15, 0.2) is 0 Å². The van der Waals surface area contributed by atoms with Crippen LogP contribution in [-0.4, -0.2) is 23.1 Å². The molecular weight excluding hydrogens is 132 g/mol. The van der Waals surface area contributed by atoms with Gasteiger partial charge in [-0.1, -0.05) is 0 Å². The van der Waals surface area contributed by atoms with E-state index in [0.717, 1.165) is 5.92 Å². The van der Waals surface area contributed by atoms with E-state index < -0.39 is 0 Å². The van der Waals surface area contributed by atoms with E-state index in [-0.39, 0.29) is 23.1 Å². The molecule has 0 aromatic rings. The van der Waals surface area contributed by atoms with Crippen LogP contribution in [0.25, 0.3) is 0 Å². The van der Waals surface area contributed by atoms with Crippen LogP contribution in [0.1, 0.15) is 20.3 Å². The first-order valence-electron chi connectivity index (χ1n) is 2.42. The van der Waals surface area contributed by atoms with E-state index >= 15 is 0 Å². The van der Waals surface area contributed by atoms with E-state index in [1.54, 1.807) is 0 Å². The molecule has 0 rings (SSSR count). The zero-order chi connectivity index (χ0) is 4.99. The Kier molecular flexibility index (Phi) is 12.1. The average Bonchev–Trinajstić information content (AvgIpc) is 1.35. The molecule has 0 heterocycles. The molecule has 0 amide bonds. The molecular formula is C5H13MgTi. The van der Waals surface area contributed by atoms with E-state index in [1.807, 2.05) is 0 Å². The van der Waals surface area contributed by atoms with E-state index in [0.29, 0.717) is 0 Å². The van der Waals surface area contributed by atoms with Crippen LogP contribution >= 0.6 is 0 Å². The maximum Gasteiger partial charge on any atom is 0.316 e. The first-order valence-corrected chi connectivity index (χ1v) is 3.52. The summed E-state index contributed by atoms with van der Waals surface area (Å²) in [4.78, 5) is 0. The maximum atomic E-state index is 2.25. The van der Waals surface area contributed by atoms with Gasteiger partial charge in [-0.25, -0.2) is 0 Å². The van der Waals surface area contributed by atoms with Gasteiger partial charge in [0.1, 0.15) is 0 Å². The van der Waals surface area contributed by atoms with Crippen LogP contribution in [-0.2, 0) is 20.4 Å². The second kappa shape index (κ2) is 7.48. The summed E-state index contributed by atoms with van der Waals surface area (Å²) in [6.07, 6.45) is 1.38. The van der Waals surface area contributed by atoms with Crippen LogP contribution in [0.5, 0.6) is 0 Å². The van der Waals surface area contributed by atoms with Gasteiger partial charge in [0.05, 0.1) is 0 Å². The van der Waals surface area contributed by atoms with Gasteiger partial charge in [0, 0.05) is 0 Å². The number of hydrogen-bond acceptors (Lipinski definition) is 0. The SMILES string of the molecule is CC(C)C[CH2][Ti].[MgH2]. The molecule has 0 N–H and O–H groups in total. The molecule has 0 saturated heterocycles. The van der Waals surface area contributed by atoms with Gasteiger partial charge in [-0.15, -0.1) is 0 Å². The van der Waals surface area contributed by atoms with E-state index in [4.69, 9.17) is 0 Å². The number of hydrogen-bond donors (Lipinski definition) is 0. The molecule has 2 heteroatoms. The molecule has 0 atom stereocenters. The third kappa shape index (κ3) is 11.2. The standard InChI is InChI=1S/C5H11.Mg.Ti.2H/c1-4-5(2)3;;;;/h5H,1,4H2,2-3H3;;;;. The molecule has 0 aliphatic carbocycles. The molecule has 0 aromatic carbocycles. The second-order valence-electron chi connectivity index (χ2n) is 1.93. The molecule has 0 aromatic heterocycles. The fraction of sp³-hybridized carbons (Fsp3) is 1.00. The first-order chi connectivity index (χ1) is 2.77. The van der Waals surface area contributed by atoms with E-state index in [2.05, 4.69) is 34.3 Å². The van der Waals surface area contributed by atoms with Crippen molar-refractivity contribution in [1.82, 2.24) is 0 Å². The monoisotopic (exact) mass is 145 g/mol. The van der Waals surface area contributed by atoms with Gasteiger partial charge in [-0.3, -0.25) is 0 Å². The van der Waals surface area contributed by atoms with Crippen molar-refractivity contribution in [1.29, 1.82) is 0 Å². The molecule has 0 bridgehead atoms. The molecule has 0 unspecified atom stereocenters. The molecule has 39 valence electrons. The van der Waals surface area contributed by atoms with Gasteiger partial charge >= 0.3 is 74.4 Å². The van der Waals surface area contributed by atoms with Crippen molar-refractivity contribution >= 4 is 23.1 Å². The Morgan fingerprint density at radius 3 is 1.86 bits per heavy atom. The molecule has 0 aliphatic rings. The van der Waals surface area contributed by atoms with Crippen LogP contribution in [0.2, 0.25) is 4.73 Å². The van der Waals surface area contributed by atoms with Gasteiger partial charge < -0.3 is 0 Å². The Morgan fingerprint density at radius 2 is 1.86 bits per heavy atom. The quantitative estimate of drug-likeness (QED) is 0.510. The van der Waals surface area contributed by atoms with Crippen LogP contribution in [0.4, 0.5) is 0 Å². The zero-order valence-electron chi connectivity index (χ0n) is 4.49. The van der Waals surface area contributed by atoms with Crippen LogP contribution in [0, 0.1) is 5.92 Å². The van der Waals surface area contributed by atoms with Crippen molar-refractivity contribution in [2.75, 3.05) is 0 Å². The Morgan fingerprint density at radius 1 is 1.43 bits per heavy atom. The van der Waals surface area contributed by atoms with Gasteiger partial charge in [0.25, 0.3) is 0 Å². The maximum absolute atomic E-state index is 2.25. The third-order valence-corrected chi connectivity index (χ3v) is 1.17. The summed E-state index contributed by atoms with van der Waals surface area (Å²) in [6, 6.07) is 0. The minimum absolute atomic E-state index is 0. The van der Waals surface area contributed by atoms with Crippen molar-refractivity contribution in [3.63, 3.8) is 0 Å². The minimum Gasteiger partial charge on any atom is 0.316 e. The van der Waals surface area contributed by atoms with Gasteiger partial charge in [0.2, 0.25) is 0 Å². The zero-order valence-corrected chi connectivity index (χ0v) is 6.05. The molecule has 0 nitrogen and oxygen atoms in total. The predicted molar refractivity (Wildman–Crippen MR) is 32.8 cm³/mol. The fourth-order valence-corrected chi connectivity index (χ4v) is 1.19. The molecule has 0 fully saturated rings. The number of rotatable bonds is 2. The van der Waals surface area contributed by atoms with Crippen molar-refractivity contribution in [3.05, 3.63) is 0 Å². The van der Waals surface area contributed by atoms with Crippen LogP contribution < -0.4 is 0 Å². The third-order valence-electron chi connectivity index (χ3n) is 0.722. The first kappa shape index (κ1) is 11.3. The topological polar surface area (TPSA) is 0 Å². The second-order valence-corrected chi connectivity index (χ2v) is 2.71. The Hall–Kier alpha value is 1.48. The van der Waals surface area contributed by atoms with E-state index in [1.165, 1.54) is 11.1 Å². The largest absolute Gasteiger partial charge is 0.316 e. The van der Waals surface area contributed by atoms with Crippen LogP contribution in [0.15, 0.2) is 0 Å².